The Balaban J connectivity index is 1.46. The van der Waals surface area contributed by atoms with Crippen molar-refractivity contribution in [3.05, 3.63) is 46.1 Å². The van der Waals surface area contributed by atoms with E-state index in [2.05, 4.69) is 43.8 Å². The molecule has 5 rings (SSSR count). The second-order valence-corrected chi connectivity index (χ2v) is 9.10. The van der Waals surface area contributed by atoms with Crippen LogP contribution in [-0.4, -0.2) is 28.1 Å². The van der Waals surface area contributed by atoms with Crippen molar-refractivity contribution in [1.82, 2.24) is 15.3 Å². The summed E-state index contributed by atoms with van der Waals surface area (Å²) in [5.41, 5.74) is 4.71. The van der Waals surface area contributed by atoms with E-state index < -0.39 is 0 Å². The minimum Gasteiger partial charge on any atom is -0.354 e. The Morgan fingerprint density at radius 1 is 1.28 bits per heavy atom. The van der Waals surface area contributed by atoms with Gasteiger partial charge in [0.25, 0.3) is 0 Å². The van der Waals surface area contributed by atoms with Gasteiger partial charge in [0, 0.05) is 28.7 Å². The predicted octanol–water partition coefficient (Wildman–Crippen LogP) is 4.00. The minimum atomic E-state index is 0.0401. The number of carbonyl (C=O) groups is 1. The first-order valence-corrected chi connectivity index (χ1v) is 10.9. The molecule has 3 heterocycles. The van der Waals surface area contributed by atoms with Gasteiger partial charge in [-0.15, -0.1) is 11.3 Å². The van der Waals surface area contributed by atoms with E-state index in [1.165, 1.54) is 16.0 Å². The third-order valence-corrected chi connectivity index (χ3v) is 6.71. The molecule has 0 saturated heterocycles. The second-order valence-electron chi connectivity index (χ2n) is 8.02. The monoisotopic (exact) mass is 405 g/mol. The van der Waals surface area contributed by atoms with Crippen molar-refractivity contribution >= 4 is 45.2 Å². The van der Waals surface area contributed by atoms with Crippen LogP contribution in [-0.2, 0) is 24.2 Å². The highest BCUT2D eigenvalue weighted by molar-refractivity contribution is 7.19. The fraction of sp³-hybridized carbons (Fsp3) is 0.364. The maximum atomic E-state index is 12.5. The summed E-state index contributed by atoms with van der Waals surface area (Å²) in [6.45, 7) is 4.77. The number of rotatable bonds is 4. The zero-order valence-corrected chi connectivity index (χ0v) is 17.3. The van der Waals surface area contributed by atoms with E-state index in [9.17, 15) is 4.79 Å². The molecule has 3 aromatic rings. The quantitative estimate of drug-likeness (QED) is 0.688. The van der Waals surface area contributed by atoms with Crippen LogP contribution in [0.15, 0.2) is 29.5 Å². The summed E-state index contributed by atoms with van der Waals surface area (Å²) in [5, 5.41) is 7.65. The van der Waals surface area contributed by atoms with Crippen LogP contribution in [0.4, 0.5) is 11.5 Å². The van der Waals surface area contributed by atoms with Gasteiger partial charge in [-0.25, -0.2) is 9.97 Å². The molecular weight excluding hydrogens is 382 g/mol. The normalized spacial score (nSPS) is 17.4. The van der Waals surface area contributed by atoms with Crippen LogP contribution in [0.1, 0.15) is 41.8 Å². The second kappa shape index (κ2) is 7.22. The molecule has 0 saturated carbocycles. The van der Waals surface area contributed by atoms with E-state index in [1.807, 2.05) is 20.1 Å². The van der Waals surface area contributed by atoms with E-state index in [-0.39, 0.29) is 17.9 Å². The number of nitrogens with one attached hydrogen (secondary N) is 2. The molecule has 1 aromatic carbocycles. The van der Waals surface area contributed by atoms with Gasteiger partial charge in [0.2, 0.25) is 5.91 Å². The lowest BCUT2D eigenvalue weighted by Crippen LogP contribution is -2.37. The zero-order valence-electron chi connectivity index (χ0n) is 16.5. The SMILES string of the molecule is CC(C)NC(=O)C1CCc2c(sc3ncnc(Nc4ccc5c(c4)C=NC5)c23)C1. The van der Waals surface area contributed by atoms with Gasteiger partial charge in [0.05, 0.1) is 11.9 Å². The Kier molecular flexibility index (Phi) is 4.54. The molecule has 0 bridgehead atoms. The molecule has 0 radical (unpaired) electrons. The number of benzene rings is 1. The lowest BCUT2D eigenvalue weighted by atomic mass is 9.87. The van der Waals surface area contributed by atoms with E-state index in [1.54, 1.807) is 17.7 Å². The van der Waals surface area contributed by atoms with E-state index in [0.29, 0.717) is 0 Å². The largest absolute Gasteiger partial charge is 0.354 e. The lowest BCUT2D eigenvalue weighted by Gasteiger charge is -2.22. The first-order chi connectivity index (χ1) is 14.1. The molecule has 29 heavy (non-hydrogen) atoms. The molecule has 2 aromatic heterocycles. The number of aromatic nitrogens is 2. The molecule has 7 heteroatoms. The van der Waals surface area contributed by atoms with Crippen molar-refractivity contribution in [3.8, 4) is 0 Å². The van der Waals surface area contributed by atoms with Gasteiger partial charge in [0.1, 0.15) is 17.0 Å². The van der Waals surface area contributed by atoms with Crippen LogP contribution in [0, 0.1) is 5.92 Å². The van der Waals surface area contributed by atoms with Gasteiger partial charge in [-0.05, 0) is 61.9 Å². The van der Waals surface area contributed by atoms with Crippen LogP contribution < -0.4 is 10.6 Å². The molecular formula is C22H23N5OS. The van der Waals surface area contributed by atoms with Crippen molar-refractivity contribution in [2.75, 3.05) is 5.32 Å². The lowest BCUT2D eigenvalue weighted by molar-refractivity contribution is -0.125. The number of aliphatic imine (C=N–C) groups is 1. The number of amides is 1. The van der Waals surface area contributed by atoms with Gasteiger partial charge >= 0.3 is 0 Å². The van der Waals surface area contributed by atoms with Gasteiger partial charge in [-0.2, -0.15) is 0 Å². The summed E-state index contributed by atoms with van der Waals surface area (Å²) in [4.78, 5) is 28.1. The standard InChI is InChI=1S/C22H23N5OS/c1-12(2)26-21(28)13-4-6-17-18(8-13)29-22-19(17)20(24-11-25-22)27-16-5-3-14-9-23-10-15(14)7-16/h3,5,7,10-13H,4,6,8-9H2,1-2H3,(H,26,28)(H,24,25,27). The van der Waals surface area contributed by atoms with Gasteiger partial charge in [0.15, 0.2) is 0 Å². The molecule has 6 nitrogen and oxygen atoms in total. The highest BCUT2D eigenvalue weighted by atomic mass is 32.1. The van der Waals surface area contributed by atoms with Gasteiger partial charge in [-0.1, -0.05) is 6.07 Å². The Bertz CT molecular complexity index is 1130. The molecule has 0 spiro atoms. The first-order valence-electron chi connectivity index (χ1n) is 10.0. The van der Waals surface area contributed by atoms with Crippen LogP contribution in [0.2, 0.25) is 0 Å². The molecule has 1 aliphatic carbocycles. The minimum absolute atomic E-state index is 0.0401. The van der Waals surface area contributed by atoms with Crippen molar-refractivity contribution in [3.63, 3.8) is 0 Å². The summed E-state index contributed by atoms with van der Waals surface area (Å²) < 4.78 is 0. The third-order valence-electron chi connectivity index (χ3n) is 5.55. The summed E-state index contributed by atoms with van der Waals surface area (Å²) in [6.07, 6.45) is 6.06. The molecule has 2 aliphatic rings. The fourth-order valence-electron chi connectivity index (χ4n) is 4.15. The summed E-state index contributed by atoms with van der Waals surface area (Å²) >= 11 is 1.69. The van der Waals surface area contributed by atoms with Crippen LogP contribution >= 0.6 is 11.3 Å². The zero-order chi connectivity index (χ0) is 20.0. The van der Waals surface area contributed by atoms with E-state index in [4.69, 9.17) is 0 Å². The van der Waals surface area contributed by atoms with Crippen molar-refractivity contribution in [2.45, 2.75) is 45.7 Å². The van der Waals surface area contributed by atoms with Gasteiger partial charge in [-0.3, -0.25) is 9.79 Å². The number of nitrogens with zero attached hydrogens (tertiary/aromatic N) is 3. The van der Waals surface area contributed by atoms with Crippen molar-refractivity contribution < 1.29 is 4.79 Å². The molecule has 2 N–H and O–H groups in total. The fourth-order valence-corrected chi connectivity index (χ4v) is 5.41. The van der Waals surface area contributed by atoms with Crippen LogP contribution in [0.25, 0.3) is 10.2 Å². The maximum Gasteiger partial charge on any atom is 0.223 e. The number of carbonyl (C=O) groups excluding carboxylic acids is 1. The first kappa shape index (κ1) is 18.2. The van der Waals surface area contributed by atoms with Crippen molar-refractivity contribution in [2.24, 2.45) is 10.9 Å². The summed E-state index contributed by atoms with van der Waals surface area (Å²) in [7, 11) is 0. The highest BCUT2D eigenvalue weighted by Gasteiger charge is 2.29. The van der Waals surface area contributed by atoms with Crippen molar-refractivity contribution in [1.29, 1.82) is 0 Å². The number of hydrogen-bond donors (Lipinski definition) is 2. The third kappa shape index (κ3) is 3.40. The Morgan fingerprint density at radius 3 is 3.03 bits per heavy atom. The van der Waals surface area contributed by atoms with Crippen LogP contribution in [0.5, 0.6) is 0 Å². The molecule has 0 fully saturated rings. The molecule has 1 unspecified atom stereocenters. The number of thiophene rings is 1. The molecule has 1 atom stereocenters. The molecule has 148 valence electrons. The number of fused-ring (bicyclic) bond motifs is 4. The van der Waals surface area contributed by atoms with Gasteiger partial charge < -0.3 is 10.6 Å². The smallest absolute Gasteiger partial charge is 0.223 e. The molecule has 1 aliphatic heterocycles. The number of anilines is 2. The molecule has 1 amide bonds. The topological polar surface area (TPSA) is 79.3 Å². The highest BCUT2D eigenvalue weighted by Crippen LogP contribution is 2.40. The predicted molar refractivity (Wildman–Crippen MR) is 117 cm³/mol. The Hall–Kier alpha value is -2.80. The average molecular weight is 406 g/mol. The summed E-state index contributed by atoms with van der Waals surface area (Å²) in [5.74, 6) is 1.04. The Labute approximate surface area is 173 Å². The Morgan fingerprint density at radius 2 is 2.17 bits per heavy atom. The summed E-state index contributed by atoms with van der Waals surface area (Å²) in [6, 6.07) is 6.48. The maximum absolute atomic E-state index is 12.5. The van der Waals surface area contributed by atoms with Crippen LogP contribution in [0.3, 0.4) is 0 Å². The number of hydrogen-bond acceptors (Lipinski definition) is 6. The van der Waals surface area contributed by atoms with E-state index >= 15 is 0 Å². The number of aryl methyl sites for hydroxylation is 1. The average Bonchev–Trinajstić information content (AvgIpc) is 3.31. The van der Waals surface area contributed by atoms with E-state index in [0.717, 1.165) is 53.1 Å².